The van der Waals surface area contributed by atoms with Crippen molar-refractivity contribution in [1.29, 1.82) is 0 Å². The fourth-order valence-electron chi connectivity index (χ4n) is 3.02. The number of rotatable bonds is 8. The molecule has 0 spiro atoms. The van der Waals surface area contributed by atoms with Crippen LogP contribution >= 0.6 is 11.3 Å². The molecule has 1 aliphatic heterocycles. The molecular formula is C18H32N4O3S2. The molecule has 7 nitrogen and oxygen atoms in total. The second kappa shape index (κ2) is 10.4. The molecule has 0 aromatic carbocycles. The summed E-state index contributed by atoms with van der Waals surface area (Å²) in [5.41, 5.74) is 0. The molecule has 2 unspecified atom stereocenters. The van der Waals surface area contributed by atoms with Gasteiger partial charge in [-0.15, -0.1) is 11.3 Å². The highest BCUT2D eigenvalue weighted by molar-refractivity contribution is 7.90. The van der Waals surface area contributed by atoms with Crippen molar-refractivity contribution in [1.82, 2.24) is 15.5 Å². The molecule has 2 rings (SSSR count). The number of hydrogen-bond acceptors (Lipinski definition) is 6. The van der Waals surface area contributed by atoms with Crippen LogP contribution in [0.3, 0.4) is 0 Å². The number of hydrogen-bond donors (Lipinski definition) is 2. The predicted octanol–water partition coefficient (Wildman–Crippen LogP) is 1.42. The van der Waals surface area contributed by atoms with Gasteiger partial charge in [0, 0.05) is 48.7 Å². The fourth-order valence-corrected chi connectivity index (χ4v) is 4.81. The number of morpholine rings is 1. The third kappa shape index (κ3) is 7.77. The standard InChI is InChI=1S/C18H32N4O3S2/c1-14(7-12-27(4,23)24)21-18(19-3)20-13-16(17-6-5-15(2)26-17)22-8-10-25-11-9-22/h5-6,14,16H,7-13H2,1-4H3,(H2,19,20,21). The Balaban J connectivity index is 1.95. The average Bonchev–Trinajstić information content (AvgIpc) is 3.05. The molecule has 1 fully saturated rings. The number of aliphatic imine (C=N–C) groups is 1. The van der Waals surface area contributed by atoms with Crippen LogP contribution in [0.5, 0.6) is 0 Å². The van der Waals surface area contributed by atoms with Crippen LogP contribution < -0.4 is 10.6 Å². The van der Waals surface area contributed by atoms with Gasteiger partial charge in [-0.2, -0.15) is 0 Å². The summed E-state index contributed by atoms with van der Waals surface area (Å²) < 4.78 is 28.2. The minimum atomic E-state index is -2.95. The lowest BCUT2D eigenvalue weighted by molar-refractivity contribution is 0.0177. The van der Waals surface area contributed by atoms with Crippen LogP contribution in [0.2, 0.25) is 0 Å². The van der Waals surface area contributed by atoms with Crippen molar-refractivity contribution >= 4 is 27.1 Å². The number of thiophene rings is 1. The lowest BCUT2D eigenvalue weighted by atomic mass is 10.2. The molecule has 1 aromatic rings. The van der Waals surface area contributed by atoms with Crippen molar-refractivity contribution in [3.63, 3.8) is 0 Å². The topological polar surface area (TPSA) is 83.0 Å². The maximum absolute atomic E-state index is 11.4. The lowest BCUT2D eigenvalue weighted by Crippen LogP contribution is -2.48. The van der Waals surface area contributed by atoms with E-state index in [2.05, 4.69) is 39.6 Å². The molecule has 0 aliphatic carbocycles. The molecule has 2 atom stereocenters. The van der Waals surface area contributed by atoms with Gasteiger partial charge in [-0.3, -0.25) is 9.89 Å². The zero-order valence-corrected chi connectivity index (χ0v) is 18.3. The summed E-state index contributed by atoms with van der Waals surface area (Å²) in [6, 6.07) is 4.65. The molecule has 1 aromatic heterocycles. The highest BCUT2D eigenvalue weighted by atomic mass is 32.2. The van der Waals surface area contributed by atoms with Crippen LogP contribution in [0.15, 0.2) is 17.1 Å². The summed E-state index contributed by atoms with van der Waals surface area (Å²) in [6.07, 6.45) is 1.82. The normalized spacial score (nSPS) is 18.9. The van der Waals surface area contributed by atoms with E-state index < -0.39 is 9.84 Å². The van der Waals surface area contributed by atoms with Crippen molar-refractivity contribution in [2.75, 3.05) is 51.9 Å². The molecule has 0 bridgehead atoms. The van der Waals surface area contributed by atoms with Crippen molar-refractivity contribution < 1.29 is 13.2 Å². The molecule has 1 saturated heterocycles. The largest absolute Gasteiger partial charge is 0.379 e. The van der Waals surface area contributed by atoms with Crippen LogP contribution in [-0.2, 0) is 14.6 Å². The minimum Gasteiger partial charge on any atom is -0.379 e. The molecule has 0 radical (unpaired) electrons. The predicted molar refractivity (Wildman–Crippen MR) is 112 cm³/mol. The molecule has 1 aliphatic rings. The molecule has 2 N–H and O–H groups in total. The number of aryl methyl sites for hydroxylation is 1. The van der Waals surface area contributed by atoms with Crippen LogP contribution in [0.1, 0.15) is 29.1 Å². The minimum absolute atomic E-state index is 0.0248. The monoisotopic (exact) mass is 416 g/mol. The summed E-state index contributed by atoms with van der Waals surface area (Å²) in [4.78, 5) is 9.38. The molecule has 0 amide bonds. The van der Waals surface area contributed by atoms with Crippen molar-refractivity contribution in [3.8, 4) is 0 Å². The summed E-state index contributed by atoms with van der Waals surface area (Å²) in [6.45, 7) is 8.19. The Kier molecular flexibility index (Phi) is 8.53. The highest BCUT2D eigenvalue weighted by Gasteiger charge is 2.24. The van der Waals surface area contributed by atoms with E-state index in [4.69, 9.17) is 4.74 Å². The van der Waals surface area contributed by atoms with E-state index >= 15 is 0 Å². The zero-order chi connectivity index (χ0) is 19.9. The van der Waals surface area contributed by atoms with E-state index in [1.165, 1.54) is 16.0 Å². The van der Waals surface area contributed by atoms with Gasteiger partial charge < -0.3 is 15.4 Å². The number of guanidine groups is 1. The van der Waals surface area contributed by atoms with E-state index in [0.717, 1.165) is 32.8 Å². The Hall–Kier alpha value is -1.16. The maximum Gasteiger partial charge on any atom is 0.191 e. The maximum atomic E-state index is 11.4. The second-order valence-electron chi connectivity index (χ2n) is 7.03. The van der Waals surface area contributed by atoms with Gasteiger partial charge in [-0.05, 0) is 32.4 Å². The van der Waals surface area contributed by atoms with E-state index in [1.54, 1.807) is 7.05 Å². The van der Waals surface area contributed by atoms with Gasteiger partial charge in [0.15, 0.2) is 5.96 Å². The van der Waals surface area contributed by atoms with Crippen molar-refractivity contribution in [2.24, 2.45) is 4.99 Å². The van der Waals surface area contributed by atoms with Gasteiger partial charge in [0.05, 0.1) is 25.0 Å². The van der Waals surface area contributed by atoms with Crippen LogP contribution in [0.25, 0.3) is 0 Å². The van der Waals surface area contributed by atoms with Crippen molar-refractivity contribution in [3.05, 3.63) is 21.9 Å². The lowest BCUT2D eigenvalue weighted by Gasteiger charge is -2.34. The summed E-state index contributed by atoms with van der Waals surface area (Å²) in [5.74, 6) is 0.866. The molecule has 0 saturated carbocycles. The number of ether oxygens (including phenoxy) is 1. The molecule has 9 heteroatoms. The molecule has 2 heterocycles. The first-order valence-corrected chi connectivity index (χ1v) is 12.2. The third-order valence-electron chi connectivity index (χ3n) is 4.57. The highest BCUT2D eigenvalue weighted by Crippen LogP contribution is 2.27. The summed E-state index contributed by atoms with van der Waals surface area (Å²) in [7, 11) is -1.22. The molecule has 154 valence electrons. The quantitative estimate of drug-likeness (QED) is 0.493. The van der Waals surface area contributed by atoms with Gasteiger partial charge in [0.2, 0.25) is 0 Å². The van der Waals surface area contributed by atoms with E-state index in [1.807, 2.05) is 18.3 Å². The second-order valence-corrected chi connectivity index (χ2v) is 10.6. The van der Waals surface area contributed by atoms with E-state index in [9.17, 15) is 8.42 Å². The fraction of sp³-hybridized carbons (Fsp3) is 0.722. The van der Waals surface area contributed by atoms with Crippen molar-refractivity contribution in [2.45, 2.75) is 32.4 Å². The Morgan fingerprint density at radius 2 is 2.07 bits per heavy atom. The van der Waals surface area contributed by atoms with Gasteiger partial charge in [-0.25, -0.2) is 8.42 Å². The van der Waals surface area contributed by atoms with Crippen LogP contribution in [-0.4, -0.2) is 77.2 Å². The summed E-state index contributed by atoms with van der Waals surface area (Å²) in [5, 5.41) is 6.71. The summed E-state index contributed by atoms with van der Waals surface area (Å²) >= 11 is 1.82. The Labute approximate surface area is 167 Å². The SMILES string of the molecule is CN=C(NCC(c1ccc(C)s1)N1CCOCC1)NC(C)CCS(C)(=O)=O. The first-order valence-electron chi connectivity index (χ1n) is 9.31. The van der Waals surface area contributed by atoms with Crippen LogP contribution in [0.4, 0.5) is 0 Å². The Morgan fingerprint density at radius 3 is 2.63 bits per heavy atom. The Morgan fingerprint density at radius 1 is 1.37 bits per heavy atom. The zero-order valence-electron chi connectivity index (χ0n) is 16.7. The number of nitrogens with one attached hydrogen (secondary N) is 2. The van der Waals surface area contributed by atoms with Gasteiger partial charge in [0.1, 0.15) is 9.84 Å². The number of sulfone groups is 1. The first-order chi connectivity index (χ1) is 12.8. The van der Waals surface area contributed by atoms with Crippen LogP contribution in [0, 0.1) is 6.92 Å². The Bertz CT molecular complexity index is 712. The van der Waals surface area contributed by atoms with E-state index in [0.29, 0.717) is 12.4 Å². The van der Waals surface area contributed by atoms with E-state index in [-0.39, 0.29) is 17.8 Å². The third-order valence-corrected chi connectivity index (χ3v) is 6.65. The van der Waals surface area contributed by atoms with Gasteiger partial charge >= 0.3 is 0 Å². The van der Waals surface area contributed by atoms with Gasteiger partial charge in [-0.1, -0.05) is 0 Å². The molecular weight excluding hydrogens is 384 g/mol. The smallest absolute Gasteiger partial charge is 0.191 e. The number of nitrogens with zero attached hydrogens (tertiary/aromatic N) is 2. The average molecular weight is 417 g/mol. The first kappa shape index (κ1) is 22.1. The molecule has 27 heavy (non-hydrogen) atoms. The van der Waals surface area contributed by atoms with Gasteiger partial charge in [0.25, 0.3) is 0 Å².